The zero-order valence-electron chi connectivity index (χ0n) is 24.2. The molecule has 2 aromatic carbocycles. The zero-order valence-corrected chi connectivity index (χ0v) is 25.8. The van der Waals surface area contributed by atoms with Crippen LogP contribution in [-0.2, 0) is 22.7 Å². The number of hydrogen-bond donors (Lipinski definition) is 2. The van der Waals surface area contributed by atoms with Crippen LogP contribution in [0, 0.1) is 13.8 Å². The minimum absolute atomic E-state index is 0. The fourth-order valence-electron chi connectivity index (χ4n) is 5.28. The number of nitrogens with zero attached hydrogens (tertiary/aromatic N) is 6. The standard InChI is InChI=1S/C29H37N7O4.2ClH/c1-20-8-9-22(29-31-21(2)40-32-29)14-26(20)35(18-27(38)30-11-13-34-12-10-25(37)17-34)19-28(39)33(3)36-15-23-6-4-5-7-24(23)16-36;;/h4-9,14,25,37H,10-13,15-19H2,1-3H3,(H,30,38);2*1H. The van der Waals surface area contributed by atoms with Crippen LogP contribution in [0.4, 0.5) is 5.69 Å². The Morgan fingerprint density at radius 3 is 2.43 bits per heavy atom. The van der Waals surface area contributed by atoms with E-state index in [0.29, 0.717) is 44.4 Å². The van der Waals surface area contributed by atoms with Gasteiger partial charge in [-0.25, -0.2) is 5.01 Å². The summed E-state index contributed by atoms with van der Waals surface area (Å²) in [6, 6.07) is 13.9. The average Bonchev–Trinajstić information content (AvgIpc) is 3.67. The molecule has 1 fully saturated rings. The maximum Gasteiger partial charge on any atom is 0.256 e. The van der Waals surface area contributed by atoms with Crippen LogP contribution < -0.4 is 10.2 Å². The third kappa shape index (κ3) is 7.99. The summed E-state index contributed by atoms with van der Waals surface area (Å²) >= 11 is 0. The Hall–Kier alpha value is -3.22. The van der Waals surface area contributed by atoms with Gasteiger partial charge in [0.25, 0.3) is 5.91 Å². The highest BCUT2D eigenvalue weighted by Gasteiger charge is 2.27. The first-order chi connectivity index (χ1) is 19.3. The van der Waals surface area contributed by atoms with E-state index in [4.69, 9.17) is 4.52 Å². The number of aromatic nitrogens is 2. The molecule has 0 radical (unpaired) electrons. The smallest absolute Gasteiger partial charge is 0.256 e. The Balaban J connectivity index is 0.00000242. The van der Waals surface area contributed by atoms with Gasteiger partial charge < -0.3 is 19.8 Å². The van der Waals surface area contributed by atoms with Crippen LogP contribution in [0.25, 0.3) is 11.4 Å². The maximum atomic E-state index is 13.6. The normalized spacial score (nSPS) is 16.3. The molecule has 1 aromatic heterocycles. The molecule has 11 nitrogen and oxygen atoms in total. The Morgan fingerprint density at radius 1 is 1.10 bits per heavy atom. The first kappa shape index (κ1) is 33.3. The number of likely N-dealkylation sites (tertiary alicyclic amines) is 1. The lowest BCUT2D eigenvalue weighted by Gasteiger charge is -2.32. The summed E-state index contributed by atoms with van der Waals surface area (Å²) in [6.07, 6.45) is 0.463. The van der Waals surface area contributed by atoms with Crippen molar-refractivity contribution in [1.82, 2.24) is 30.4 Å². The summed E-state index contributed by atoms with van der Waals surface area (Å²) in [5.41, 5.74) is 4.84. The molecule has 5 rings (SSSR count). The van der Waals surface area contributed by atoms with Gasteiger partial charge in [-0.1, -0.05) is 41.6 Å². The van der Waals surface area contributed by atoms with Crippen molar-refractivity contribution in [2.24, 2.45) is 0 Å². The third-order valence-electron chi connectivity index (χ3n) is 7.60. The van der Waals surface area contributed by atoms with Crippen molar-refractivity contribution in [1.29, 1.82) is 0 Å². The molecular weight excluding hydrogens is 581 g/mol. The van der Waals surface area contributed by atoms with E-state index in [1.54, 1.807) is 19.0 Å². The topological polar surface area (TPSA) is 118 Å². The Bertz CT molecular complexity index is 1350. The minimum Gasteiger partial charge on any atom is -0.392 e. The number of aryl methyl sites for hydroxylation is 2. The molecule has 0 saturated carbocycles. The highest BCUT2D eigenvalue weighted by Crippen LogP contribution is 2.28. The van der Waals surface area contributed by atoms with Gasteiger partial charge in [-0.15, -0.1) is 24.8 Å². The van der Waals surface area contributed by atoms with Crippen molar-refractivity contribution in [3.8, 4) is 11.4 Å². The van der Waals surface area contributed by atoms with Crippen molar-refractivity contribution >= 4 is 42.3 Å². The van der Waals surface area contributed by atoms with Crippen molar-refractivity contribution in [3.63, 3.8) is 0 Å². The van der Waals surface area contributed by atoms with Crippen LogP contribution in [0.5, 0.6) is 0 Å². The van der Waals surface area contributed by atoms with Gasteiger partial charge in [0.1, 0.15) is 0 Å². The Morgan fingerprint density at radius 2 is 1.81 bits per heavy atom. The first-order valence-electron chi connectivity index (χ1n) is 13.7. The molecule has 2 aliphatic rings. The lowest BCUT2D eigenvalue weighted by atomic mass is 10.1. The summed E-state index contributed by atoms with van der Waals surface area (Å²) in [4.78, 5) is 35.0. The number of nitrogens with one attached hydrogen (secondary N) is 1. The zero-order chi connectivity index (χ0) is 28.2. The molecule has 2 aliphatic heterocycles. The number of amides is 2. The molecule has 2 N–H and O–H groups in total. The monoisotopic (exact) mass is 619 g/mol. The van der Waals surface area contributed by atoms with E-state index in [9.17, 15) is 14.7 Å². The van der Waals surface area contributed by atoms with Crippen molar-refractivity contribution in [3.05, 3.63) is 65.0 Å². The average molecular weight is 621 g/mol. The molecule has 2 amide bonds. The van der Waals surface area contributed by atoms with Gasteiger partial charge in [-0.05, 0) is 36.1 Å². The highest BCUT2D eigenvalue weighted by atomic mass is 35.5. The second-order valence-corrected chi connectivity index (χ2v) is 10.6. The van der Waals surface area contributed by atoms with E-state index in [0.717, 1.165) is 29.8 Å². The summed E-state index contributed by atoms with van der Waals surface area (Å²) in [6.45, 7) is 7.64. The number of hydrogen-bond acceptors (Lipinski definition) is 9. The van der Waals surface area contributed by atoms with E-state index in [1.165, 1.54) is 11.1 Å². The van der Waals surface area contributed by atoms with Gasteiger partial charge >= 0.3 is 0 Å². The van der Waals surface area contributed by atoms with Crippen LogP contribution in [0.3, 0.4) is 0 Å². The SMILES string of the molecule is Cc1nc(-c2ccc(C)c(N(CC(=O)NCCN3CCC(O)C3)CC(=O)N(C)N3Cc4ccccc4C3)c2)no1.Cl.Cl. The van der Waals surface area contributed by atoms with Gasteiger partial charge in [0.05, 0.1) is 19.2 Å². The molecular formula is C29H39Cl2N7O4. The fraction of sp³-hybridized carbons (Fsp3) is 0.448. The van der Waals surface area contributed by atoms with Gasteiger partial charge in [-0.2, -0.15) is 4.98 Å². The molecule has 0 aliphatic carbocycles. The molecule has 13 heteroatoms. The molecule has 1 atom stereocenters. The lowest BCUT2D eigenvalue weighted by Crippen LogP contribution is -2.48. The van der Waals surface area contributed by atoms with E-state index in [-0.39, 0.29) is 55.8 Å². The first-order valence-corrected chi connectivity index (χ1v) is 13.7. The summed E-state index contributed by atoms with van der Waals surface area (Å²) in [7, 11) is 1.78. The lowest BCUT2D eigenvalue weighted by molar-refractivity contribution is -0.145. The number of hydrazine groups is 1. The van der Waals surface area contributed by atoms with Crippen LogP contribution in [0.15, 0.2) is 47.0 Å². The van der Waals surface area contributed by atoms with Crippen molar-refractivity contribution < 1.29 is 19.2 Å². The number of likely N-dealkylation sites (N-methyl/N-ethyl adjacent to an activating group) is 1. The number of rotatable bonds is 10. The largest absolute Gasteiger partial charge is 0.392 e. The van der Waals surface area contributed by atoms with Gasteiger partial charge in [0.2, 0.25) is 17.6 Å². The Kier molecular flexibility index (Phi) is 11.7. The predicted octanol–water partition coefficient (Wildman–Crippen LogP) is 2.58. The number of fused-ring (bicyclic) bond motifs is 1. The predicted molar refractivity (Wildman–Crippen MR) is 164 cm³/mol. The van der Waals surface area contributed by atoms with Crippen LogP contribution in [-0.4, -0.2) is 94.4 Å². The van der Waals surface area contributed by atoms with E-state index in [1.807, 2.05) is 47.2 Å². The molecule has 3 aromatic rings. The third-order valence-corrected chi connectivity index (χ3v) is 7.60. The van der Waals surface area contributed by atoms with Gasteiger partial charge in [0, 0.05) is 64.5 Å². The molecule has 228 valence electrons. The summed E-state index contributed by atoms with van der Waals surface area (Å²) < 4.78 is 5.16. The van der Waals surface area contributed by atoms with Crippen molar-refractivity contribution in [2.75, 3.05) is 51.2 Å². The minimum atomic E-state index is -0.296. The number of carbonyl (C=O) groups is 2. The Labute approximate surface area is 258 Å². The van der Waals surface area contributed by atoms with Crippen molar-refractivity contribution in [2.45, 2.75) is 39.5 Å². The van der Waals surface area contributed by atoms with Gasteiger partial charge in [-0.3, -0.25) is 19.5 Å². The molecule has 42 heavy (non-hydrogen) atoms. The highest BCUT2D eigenvalue weighted by molar-refractivity contribution is 5.87. The van der Waals surface area contributed by atoms with Crippen LogP contribution in [0.2, 0.25) is 0 Å². The second-order valence-electron chi connectivity index (χ2n) is 10.6. The molecule has 1 unspecified atom stereocenters. The molecule has 0 spiro atoms. The molecule has 3 heterocycles. The molecule has 1 saturated heterocycles. The maximum absolute atomic E-state index is 13.6. The fourth-order valence-corrected chi connectivity index (χ4v) is 5.28. The number of carbonyl (C=O) groups excluding carboxylic acids is 2. The van der Waals surface area contributed by atoms with E-state index in [2.05, 4.69) is 32.5 Å². The van der Waals surface area contributed by atoms with E-state index < -0.39 is 0 Å². The summed E-state index contributed by atoms with van der Waals surface area (Å²) in [5.74, 6) is 0.618. The number of β-amino-alcohol motifs (C(OH)–C–C–N with tert-alkyl or cyclic N) is 1. The van der Waals surface area contributed by atoms with E-state index >= 15 is 0 Å². The second kappa shape index (κ2) is 14.8. The number of halogens is 2. The number of aliphatic hydroxyl groups is 1. The number of benzene rings is 2. The summed E-state index contributed by atoms with van der Waals surface area (Å²) in [5, 5.41) is 20.4. The van der Waals surface area contributed by atoms with Crippen LogP contribution in [0.1, 0.15) is 29.0 Å². The van der Waals surface area contributed by atoms with Crippen LogP contribution >= 0.6 is 24.8 Å². The molecule has 0 bridgehead atoms. The number of anilines is 1. The quantitative estimate of drug-likeness (QED) is 0.353. The number of aliphatic hydroxyl groups excluding tert-OH is 1. The van der Waals surface area contributed by atoms with Gasteiger partial charge in [0.15, 0.2) is 0 Å².